The van der Waals surface area contributed by atoms with Crippen LogP contribution in [0, 0.1) is 0 Å². The molecule has 2 heterocycles. The van der Waals surface area contributed by atoms with Crippen molar-refractivity contribution in [2.45, 2.75) is 38.7 Å². The first-order chi connectivity index (χ1) is 10.1. The summed E-state index contributed by atoms with van der Waals surface area (Å²) >= 11 is 0. The Kier molecular flexibility index (Phi) is 5.63. The normalized spacial score (nSPS) is 21.1. The van der Waals surface area contributed by atoms with Gasteiger partial charge in [0.15, 0.2) is 5.76 Å². The number of nitrogens with zero attached hydrogens (tertiary/aromatic N) is 1. The first-order valence-electron chi connectivity index (χ1n) is 6.51. The first kappa shape index (κ1) is 18.5. The largest absolute Gasteiger partial charge is 0.534 e. The SMILES string of the molecule is CC.CCC1C=C2C(OS(=O)(=O)C(F)(F)F)=CC(F)=CN2N1. The summed E-state index contributed by atoms with van der Waals surface area (Å²) < 4.78 is 76.1. The van der Waals surface area contributed by atoms with Crippen LogP contribution in [-0.2, 0) is 14.3 Å². The molecule has 5 nitrogen and oxygen atoms in total. The predicted molar refractivity (Wildman–Crippen MR) is 71.8 cm³/mol. The zero-order valence-corrected chi connectivity index (χ0v) is 12.9. The van der Waals surface area contributed by atoms with Crippen molar-refractivity contribution in [2.75, 3.05) is 0 Å². The van der Waals surface area contributed by atoms with Gasteiger partial charge in [0, 0.05) is 12.1 Å². The van der Waals surface area contributed by atoms with Crippen LogP contribution >= 0.6 is 0 Å². The third-order valence-corrected chi connectivity index (χ3v) is 3.59. The van der Waals surface area contributed by atoms with Crippen molar-refractivity contribution >= 4 is 10.1 Å². The Balaban J connectivity index is 0.00000116. The van der Waals surface area contributed by atoms with Gasteiger partial charge in [0.1, 0.15) is 5.83 Å². The second-order valence-electron chi connectivity index (χ2n) is 4.07. The molecule has 0 spiro atoms. The highest BCUT2D eigenvalue weighted by atomic mass is 32.2. The zero-order valence-electron chi connectivity index (χ0n) is 12.1. The van der Waals surface area contributed by atoms with Crippen LogP contribution in [0.2, 0.25) is 0 Å². The van der Waals surface area contributed by atoms with Gasteiger partial charge in [-0.25, -0.2) is 9.82 Å². The van der Waals surface area contributed by atoms with E-state index in [9.17, 15) is 26.0 Å². The minimum atomic E-state index is -5.84. The van der Waals surface area contributed by atoms with Crippen molar-refractivity contribution in [1.29, 1.82) is 0 Å². The lowest BCUT2D eigenvalue weighted by Gasteiger charge is -2.24. The Morgan fingerprint density at radius 3 is 2.45 bits per heavy atom. The molecule has 1 atom stereocenters. The first-order valence-corrected chi connectivity index (χ1v) is 7.92. The van der Waals surface area contributed by atoms with Crippen LogP contribution in [0.25, 0.3) is 0 Å². The van der Waals surface area contributed by atoms with E-state index in [0.29, 0.717) is 12.5 Å². The Morgan fingerprint density at radius 1 is 1.36 bits per heavy atom. The van der Waals surface area contributed by atoms with E-state index in [1.54, 1.807) is 6.92 Å². The zero-order chi connectivity index (χ0) is 17.1. The number of alkyl halides is 3. The van der Waals surface area contributed by atoms with Crippen LogP contribution in [-0.4, -0.2) is 25.0 Å². The smallest absolute Gasteiger partial charge is 0.374 e. The molecule has 0 aromatic heterocycles. The minimum Gasteiger partial charge on any atom is -0.374 e. The molecule has 10 heteroatoms. The molecule has 126 valence electrons. The molecule has 22 heavy (non-hydrogen) atoms. The number of nitrogens with one attached hydrogen (secondary N) is 1. The Labute approximate surface area is 126 Å². The van der Waals surface area contributed by atoms with Gasteiger partial charge in [0.05, 0.1) is 11.9 Å². The molecule has 0 radical (unpaired) electrons. The molecular formula is C12H16F4N2O3S. The standard InChI is InChI=1S/C10H10F4N2O3S.C2H6/c1-2-7-4-8-9(3-6(11)5-16(8)15-7)19-20(17,18)10(12,13)14;1-2/h3-5,7,15H,2H2,1H3;1-2H3. The van der Waals surface area contributed by atoms with E-state index >= 15 is 0 Å². The fourth-order valence-corrected chi connectivity index (χ4v) is 2.13. The quantitative estimate of drug-likeness (QED) is 0.484. The van der Waals surface area contributed by atoms with Crippen LogP contribution in [0.4, 0.5) is 17.6 Å². The summed E-state index contributed by atoms with van der Waals surface area (Å²) in [4.78, 5) is 0. The molecule has 2 aliphatic rings. The van der Waals surface area contributed by atoms with Crippen LogP contribution in [0.15, 0.2) is 35.6 Å². The predicted octanol–water partition coefficient (Wildman–Crippen LogP) is 3.07. The number of allylic oxidation sites excluding steroid dienone is 2. The maximum absolute atomic E-state index is 13.3. The van der Waals surface area contributed by atoms with E-state index in [0.717, 1.165) is 11.2 Å². The fourth-order valence-electron chi connectivity index (χ4n) is 1.67. The van der Waals surface area contributed by atoms with Gasteiger partial charge in [-0.05, 0) is 12.5 Å². The third-order valence-electron chi connectivity index (χ3n) is 2.62. The summed E-state index contributed by atoms with van der Waals surface area (Å²) in [5.74, 6) is -1.65. The van der Waals surface area contributed by atoms with Gasteiger partial charge in [-0.3, -0.25) is 5.01 Å². The molecule has 0 aliphatic carbocycles. The molecule has 0 aromatic carbocycles. The summed E-state index contributed by atoms with van der Waals surface area (Å²) in [5.41, 5.74) is -2.80. The number of hydrogen-bond acceptors (Lipinski definition) is 5. The number of rotatable bonds is 3. The highest BCUT2D eigenvalue weighted by Gasteiger charge is 2.49. The molecule has 0 saturated carbocycles. The van der Waals surface area contributed by atoms with Crippen molar-refractivity contribution in [1.82, 2.24) is 10.4 Å². The Morgan fingerprint density at radius 2 is 1.95 bits per heavy atom. The highest BCUT2D eigenvalue weighted by molar-refractivity contribution is 7.87. The summed E-state index contributed by atoms with van der Waals surface area (Å²) in [5, 5.41) is 1.09. The lowest BCUT2D eigenvalue weighted by Crippen LogP contribution is -2.35. The summed E-state index contributed by atoms with van der Waals surface area (Å²) in [6.45, 7) is 5.80. The van der Waals surface area contributed by atoms with E-state index < -0.39 is 27.2 Å². The minimum absolute atomic E-state index is 0.0195. The molecule has 0 bridgehead atoms. The van der Waals surface area contributed by atoms with Gasteiger partial charge in [-0.2, -0.15) is 21.6 Å². The average molecular weight is 344 g/mol. The second kappa shape index (κ2) is 6.69. The molecule has 0 saturated heterocycles. The molecule has 0 amide bonds. The topological polar surface area (TPSA) is 58.6 Å². The third kappa shape index (κ3) is 3.80. The van der Waals surface area contributed by atoms with E-state index in [2.05, 4.69) is 9.61 Å². The second-order valence-corrected chi connectivity index (χ2v) is 5.61. The summed E-state index contributed by atoms with van der Waals surface area (Å²) in [7, 11) is -5.84. The summed E-state index contributed by atoms with van der Waals surface area (Å²) in [6, 6.07) is -0.257. The maximum atomic E-state index is 13.3. The van der Waals surface area contributed by atoms with Gasteiger partial charge in [0.25, 0.3) is 0 Å². The van der Waals surface area contributed by atoms with Gasteiger partial charge >= 0.3 is 15.6 Å². The van der Waals surface area contributed by atoms with Gasteiger partial charge in [0.2, 0.25) is 0 Å². The van der Waals surface area contributed by atoms with Crippen molar-refractivity contribution in [2.24, 2.45) is 0 Å². The van der Waals surface area contributed by atoms with Gasteiger partial charge in [-0.1, -0.05) is 20.8 Å². The number of halogens is 4. The molecule has 1 N–H and O–H groups in total. The highest BCUT2D eigenvalue weighted by Crippen LogP contribution is 2.34. The van der Waals surface area contributed by atoms with Crippen molar-refractivity contribution in [3.63, 3.8) is 0 Å². The van der Waals surface area contributed by atoms with E-state index in [1.165, 1.54) is 6.08 Å². The number of hydrazine groups is 1. The van der Waals surface area contributed by atoms with Gasteiger partial charge in [-0.15, -0.1) is 0 Å². The van der Waals surface area contributed by atoms with Crippen LogP contribution in [0.5, 0.6) is 0 Å². The number of fused-ring (bicyclic) bond motifs is 1. The average Bonchev–Trinajstić information content (AvgIpc) is 2.82. The van der Waals surface area contributed by atoms with Crippen LogP contribution in [0.1, 0.15) is 27.2 Å². The Hall–Kier alpha value is -1.55. The van der Waals surface area contributed by atoms with E-state index in [1.807, 2.05) is 13.8 Å². The monoisotopic (exact) mass is 344 g/mol. The lowest BCUT2D eigenvalue weighted by atomic mass is 10.2. The maximum Gasteiger partial charge on any atom is 0.534 e. The van der Waals surface area contributed by atoms with E-state index in [4.69, 9.17) is 0 Å². The molecule has 0 fully saturated rings. The summed E-state index contributed by atoms with van der Waals surface area (Å²) in [6.07, 6.45) is 3.61. The Bertz CT molecular complexity index is 608. The van der Waals surface area contributed by atoms with Crippen molar-refractivity contribution in [3.8, 4) is 0 Å². The molecule has 2 aliphatic heterocycles. The molecule has 0 aromatic rings. The lowest BCUT2D eigenvalue weighted by molar-refractivity contribution is -0.0522. The number of hydrogen-bond donors (Lipinski definition) is 1. The van der Waals surface area contributed by atoms with E-state index in [-0.39, 0.29) is 11.7 Å². The fraction of sp³-hybridized carbons (Fsp3) is 0.500. The molecule has 2 rings (SSSR count). The van der Waals surface area contributed by atoms with Crippen molar-refractivity contribution < 1.29 is 30.2 Å². The molecule has 1 unspecified atom stereocenters. The molecular weight excluding hydrogens is 328 g/mol. The van der Waals surface area contributed by atoms with Crippen LogP contribution < -0.4 is 5.43 Å². The van der Waals surface area contributed by atoms with Crippen LogP contribution in [0.3, 0.4) is 0 Å². The van der Waals surface area contributed by atoms with Gasteiger partial charge < -0.3 is 4.18 Å². The van der Waals surface area contributed by atoms with Crippen molar-refractivity contribution in [3.05, 3.63) is 35.6 Å².